The quantitative estimate of drug-likeness (QED) is 0.443. The third-order valence-corrected chi connectivity index (χ3v) is 4.01. The van der Waals surface area contributed by atoms with Crippen molar-refractivity contribution in [1.29, 1.82) is 0 Å². The topological polar surface area (TPSA) is 113 Å². The van der Waals surface area contributed by atoms with Crippen molar-refractivity contribution in [2.45, 2.75) is 30.8 Å². The molecule has 1 rings (SSSR count). The van der Waals surface area contributed by atoms with E-state index in [1.807, 2.05) is 6.92 Å². The van der Waals surface area contributed by atoms with E-state index in [9.17, 15) is 18.6 Å². The van der Waals surface area contributed by atoms with Gasteiger partial charge < -0.3 is 15.9 Å². The van der Waals surface area contributed by atoms with Crippen LogP contribution in [0.5, 0.6) is 5.75 Å². The number of nitrogens with two attached hydrogens (primary N) is 1. The maximum atomic E-state index is 11.8. The Morgan fingerprint density at radius 1 is 1.44 bits per heavy atom. The fraction of sp³-hybridized carbons (Fsp3) is 0.455. The first-order valence-corrected chi connectivity index (χ1v) is 7.11. The van der Waals surface area contributed by atoms with Crippen LogP contribution < -0.4 is 10.5 Å². The Balaban J connectivity index is 2.71. The first-order valence-electron chi connectivity index (χ1n) is 5.63. The zero-order valence-electron chi connectivity index (χ0n) is 10.1. The number of nitrogens with one attached hydrogen (secondary N) is 1. The number of hydrogen-bond acceptors (Lipinski definition) is 5. The zero-order valence-corrected chi connectivity index (χ0v) is 10.9. The second-order valence-corrected chi connectivity index (χ2v) is 5.74. The zero-order chi connectivity index (χ0) is 13.8. The van der Waals surface area contributed by atoms with Gasteiger partial charge in [0, 0.05) is 6.54 Å². The summed E-state index contributed by atoms with van der Waals surface area (Å²) in [5.74, 6) is -0.157. The number of aromatic hydroxyl groups is 1. The molecule has 0 aliphatic rings. The Labute approximate surface area is 106 Å². The number of rotatable bonds is 6. The standard InChI is InChI=1S/C11H18N2O4S/c1-2-8(14)5-6-13-18(16,17)9-3-4-11(15)10(12)7-9/h3-4,7-8,13-15H,2,5-6,12H2,1H3. The predicted molar refractivity (Wildman–Crippen MR) is 68.6 cm³/mol. The second kappa shape index (κ2) is 6.03. The van der Waals surface area contributed by atoms with E-state index in [4.69, 9.17) is 5.73 Å². The van der Waals surface area contributed by atoms with Crippen LogP contribution >= 0.6 is 0 Å². The summed E-state index contributed by atoms with van der Waals surface area (Å²) in [6.45, 7) is 1.97. The third-order valence-electron chi connectivity index (χ3n) is 2.55. The molecule has 1 aromatic carbocycles. The first-order chi connectivity index (χ1) is 8.36. The molecule has 1 aromatic rings. The van der Waals surface area contributed by atoms with Crippen LogP contribution in [0.15, 0.2) is 23.1 Å². The highest BCUT2D eigenvalue weighted by atomic mass is 32.2. The van der Waals surface area contributed by atoms with Gasteiger partial charge in [-0.15, -0.1) is 0 Å². The normalized spacial score (nSPS) is 13.4. The van der Waals surface area contributed by atoms with Crippen molar-refractivity contribution in [3.05, 3.63) is 18.2 Å². The van der Waals surface area contributed by atoms with E-state index in [2.05, 4.69) is 4.72 Å². The van der Waals surface area contributed by atoms with Crippen LogP contribution in [-0.4, -0.2) is 31.3 Å². The maximum Gasteiger partial charge on any atom is 0.240 e. The van der Waals surface area contributed by atoms with Gasteiger partial charge in [-0.25, -0.2) is 13.1 Å². The molecule has 0 amide bonds. The minimum Gasteiger partial charge on any atom is -0.506 e. The summed E-state index contributed by atoms with van der Waals surface area (Å²) >= 11 is 0. The fourth-order valence-corrected chi connectivity index (χ4v) is 2.43. The number of aliphatic hydroxyl groups is 1. The molecule has 0 heterocycles. The summed E-state index contributed by atoms with van der Waals surface area (Å²) < 4.78 is 26.0. The number of aliphatic hydroxyl groups excluding tert-OH is 1. The molecule has 0 radical (unpaired) electrons. The molecule has 0 spiro atoms. The van der Waals surface area contributed by atoms with E-state index in [1.165, 1.54) is 18.2 Å². The highest BCUT2D eigenvalue weighted by Gasteiger charge is 2.15. The van der Waals surface area contributed by atoms with E-state index >= 15 is 0 Å². The summed E-state index contributed by atoms with van der Waals surface area (Å²) in [5, 5.41) is 18.5. The van der Waals surface area contributed by atoms with E-state index in [0.29, 0.717) is 12.8 Å². The van der Waals surface area contributed by atoms with Gasteiger partial charge in [-0.3, -0.25) is 0 Å². The molecular weight excluding hydrogens is 256 g/mol. The number of benzene rings is 1. The number of phenols is 1. The molecule has 0 saturated heterocycles. The van der Waals surface area contributed by atoms with E-state index in [0.717, 1.165) is 0 Å². The minimum atomic E-state index is -3.66. The average Bonchev–Trinajstić information content (AvgIpc) is 2.32. The van der Waals surface area contributed by atoms with Crippen molar-refractivity contribution < 1.29 is 18.6 Å². The largest absolute Gasteiger partial charge is 0.506 e. The van der Waals surface area contributed by atoms with E-state index in [1.54, 1.807) is 0 Å². The molecule has 102 valence electrons. The Kier molecular flexibility index (Phi) is 4.94. The predicted octanol–water partition coefficient (Wildman–Crippen LogP) is 0.414. The van der Waals surface area contributed by atoms with Gasteiger partial charge in [-0.05, 0) is 31.0 Å². The van der Waals surface area contributed by atoms with Gasteiger partial charge in [0.2, 0.25) is 10.0 Å². The lowest BCUT2D eigenvalue weighted by molar-refractivity contribution is 0.162. The molecule has 6 nitrogen and oxygen atoms in total. The Hall–Kier alpha value is -1.31. The lowest BCUT2D eigenvalue weighted by Gasteiger charge is -2.10. The van der Waals surface area contributed by atoms with Gasteiger partial charge in [0.15, 0.2) is 0 Å². The Morgan fingerprint density at radius 2 is 2.11 bits per heavy atom. The molecule has 0 bridgehead atoms. The molecule has 0 fully saturated rings. The molecule has 1 unspecified atom stereocenters. The number of phenolic OH excluding ortho intramolecular Hbond substituents is 1. The average molecular weight is 274 g/mol. The molecule has 0 aromatic heterocycles. The van der Waals surface area contributed by atoms with Crippen molar-refractivity contribution in [2.75, 3.05) is 12.3 Å². The van der Waals surface area contributed by atoms with Crippen LogP contribution in [0.2, 0.25) is 0 Å². The van der Waals surface area contributed by atoms with Gasteiger partial charge in [-0.1, -0.05) is 6.92 Å². The Morgan fingerprint density at radius 3 is 2.67 bits per heavy atom. The minimum absolute atomic E-state index is 0.00599. The fourth-order valence-electron chi connectivity index (χ4n) is 1.35. The Bertz CT molecular complexity index is 502. The van der Waals surface area contributed by atoms with Crippen LogP contribution in [0.25, 0.3) is 0 Å². The van der Waals surface area contributed by atoms with E-state index in [-0.39, 0.29) is 22.9 Å². The summed E-state index contributed by atoms with van der Waals surface area (Å²) in [6, 6.07) is 3.68. The molecule has 0 saturated carbocycles. The molecule has 18 heavy (non-hydrogen) atoms. The number of hydrogen-bond donors (Lipinski definition) is 4. The van der Waals surface area contributed by atoms with Gasteiger partial charge >= 0.3 is 0 Å². The summed E-state index contributed by atoms with van der Waals surface area (Å²) in [6.07, 6.45) is 0.412. The van der Waals surface area contributed by atoms with Crippen molar-refractivity contribution in [2.24, 2.45) is 0 Å². The number of nitrogen functional groups attached to an aromatic ring is 1. The van der Waals surface area contributed by atoms with E-state index < -0.39 is 16.1 Å². The van der Waals surface area contributed by atoms with Gasteiger partial charge in [0.05, 0.1) is 16.7 Å². The molecule has 5 N–H and O–H groups in total. The van der Waals surface area contributed by atoms with Gasteiger partial charge in [0.25, 0.3) is 0 Å². The van der Waals surface area contributed by atoms with Crippen molar-refractivity contribution in [3.63, 3.8) is 0 Å². The highest BCUT2D eigenvalue weighted by molar-refractivity contribution is 7.89. The lowest BCUT2D eigenvalue weighted by Crippen LogP contribution is -2.27. The van der Waals surface area contributed by atoms with Crippen LogP contribution in [0, 0.1) is 0 Å². The summed E-state index contributed by atoms with van der Waals surface area (Å²) in [4.78, 5) is -0.0104. The monoisotopic (exact) mass is 274 g/mol. The van der Waals surface area contributed by atoms with Crippen LogP contribution in [0.4, 0.5) is 5.69 Å². The molecule has 1 atom stereocenters. The SMILES string of the molecule is CCC(O)CCNS(=O)(=O)c1ccc(O)c(N)c1. The van der Waals surface area contributed by atoms with Crippen molar-refractivity contribution in [1.82, 2.24) is 4.72 Å². The van der Waals surface area contributed by atoms with Crippen LogP contribution in [0.3, 0.4) is 0 Å². The summed E-state index contributed by atoms with van der Waals surface area (Å²) in [7, 11) is -3.66. The summed E-state index contributed by atoms with van der Waals surface area (Å²) in [5.41, 5.74) is 5.44. The maximum absolute atomic E-state index is 11.8. The molecule has 0 aliphatic heterocycles. The molecule has 7 heteroatoms. The van der Waals surface area contributed by atoms with Crippen molar-refractivity contribution >= 4 is 15.7 Å². The van der Waals surface area contributed by atoms with Gasteiger partial charge in [0.1, 0.15) is 5.75 Å². The second-order valence-electron chi connectivity index (χ2n) is 3.97. The van der Waals surface area contributed by atoms with Crippen LogP contribution in [0.1, 0.15) is 19.8 Å². The number of sulfonamides is 1. The number of anilines is 1. The molecule has 0 aliphatic carbocycles. The first kappa shape index (κ1) is 14.7. The van der Waals surface area contributed by atoms with Crippen molar-refractivity contribution in [3.8, 4) is 5.75 Å². The third kappa shape index (κ3) is 3.86. The van der Waals surface area contributed by atoms with Crippen LogP contribution in [-0.2, 0) is 10.0 Å². The highest BCUT2D eigenvalue weighted by Crippen LogP contribution is 2.22. The smallest absolute Gasteiger partial charge is 0.240 e. The molecular formula is C11H18N2O4S. The lowest BCUT2D eigenvalue weighted by atomic mass is 10.2. The van der Waals surface area contributed by atoms with Gasteiger partial charge in [-0.2, -0.15) is 0 Å².